The van der Waals surface area contributed by atoms with E-state index in [9.17, 15) is 0 Å². The standard InChI is InChI=1S/C15H20N2O2/c1-10(2)8-16-12-5-11-6-14(18-3)15(19-4)7-13(11)17-9-12/h5-7,9-10,16H,8H2,1-4H3. The van der Waals surface area contributed by atoms with Crippen molar-refractivity contribution in [2.75, 3.05) is 26.1 Å². The third-order valence-corrected chi connectivity index (χ3v) is 2.90. The monoisotopic (exact) mass is 260 g/mol. The average molecular weight is 260 g/mol. The lowest BCUT2D eigenvalue weighted by atomic mass is 10.1. The molecule has 0 radical (unpaired) electrons. The molecular weight excluding hydrogens is 240 g/mol. The van der Waals surface area contributed by atoms with Gasteiger partial charge in [-0.05, 0) is 18.1 Å². The van der Waals surface area contributed by atoms with Crippen LogP contribution in [0.5, 0.6) is 11.5 Å². The van der Waals surface area contributed by atoms with Gasteiger partial charge in [-0.2, -0.15) is 0 Å². The molecule has 102 valence electrons. The predicted octanol–water partition coefficient (Wildman–Crippen LogP) is 3.32. The van der Waals surface area contributed by atoms with Crippen LogP contribution in [0, 0.1) is 5.92 Å². The lowest BCUT2D eigenvalue weighted by Crippen LogP contribution is -2.07. The molecule has 1 aromatic carbocycles. The highest BCUT2D eigenvalue weighted by molar-refractivity contribution is 5.85. The maximum Gasteiger partial charge on any atom is 0.162 e. The normalized spacial score (nSPS) is 10.8. The first-order valence-electron chi connectivity index (χ1n) is 6.39. The molecule has 1 heterocycles. The van der Waals surface area contributed by atoms with Crippen molar-refractivity contribution in [3.8, 4) is 11.5 Å². The molecule has 0 aliphatic rings. The number of anilines is 1. The Bertz CT molecular complexity index is 567. The summed E-state index contributed by atoms with van der Waals surface area (Å²) in [4.78, 5) is 4.45. The molecule has 4 nitrogen and oxygen atoms in total. The zero-order chi connectivity index (χ0) is 13.8. The Labute approximate surface area is 113 Å². The van der Waals surface area contributed by atoms with E-state index in [-0.39, 0.29) is 0 Å². The first-order valence-corrected chi connectivity index (χ1v) is 6.39. The molecule has 0 bridgehead atoms. The second kappa shape index (κ2) is 5.78. The van der Waals surface area contributed by atoms with Crippen molar-refractivity contribution < 1.29 is 9.47 Å². The number of hydrogen-bond acceptors (Lipinski definition) is 4. The topological polar surface area (TPSA) is 43.4 Å². The van der Waals surface area contributed by atoms with Crippen molar-refractivity contribution in [3.63, 3.8) is 0 Å². The van der Waals surface area contributed by atoms with Crippen LogP contribution in [-0.2, 0) is 0 Å². The Balaban J connectivity index is 2.36. The molecule has 0 atom stereocenters. The van der Waals surface area contributed by atoms with Gasteiger partial charge in [0.25, 0.3) is 0 Å². The van der Waals surface area contributed by atoms with Gasteiger partial charge in [-0.15, -0.1) is 0 Å². The first-order chi connectivity index (χ1) is 9.13. The molecule has 0 aliphatic heterocycles. The molecule has 0 amide bonds. The van der Waals surface area contributed by atoms with E-state index in [4.69, 9.17) is 9.47 Å². The van der Waals surface area contributed by atoms with Gasteiger partial charge in [0.05, 0.1) is 31.6 Å². The highest BCUT2D eigenvalue weighted by Crippen LogP contribution is 2.32. The lowest BCUT2D eigenvalue weighted by Gasteiger charge is -2.11. The van der Waals surface area contributed by atoms with Crippen molar-refractivity contribution >= 4 is 16.6 Å². The molecular formula is C15H20N2O2. The van der Waals surface area contributed by atoms with E-state index < -0.39 is 0 Å². The van der Waals surface area contributed by atoms with Crippen LogP contribution < -0.4 is 14.8 Å². The van der Waals surface area contributed by atoms with Gasteiger partial charge in [-0.25, -0.2) is 0 Å². The van der Waals surface area contributed by atoms with E-state index in [0.29, 0.717) is 11.7 Å². The zero-order valence-corrected chi connectivity index (χ0v) is 11.9. The molecule has 2 aromatic rings. The van der Waals surface area contributed by atoms with E-state index >= 15 is 0 Å². The van der Waals surface area contributed by atoms with Gasteiger partial charge < -0.3 is 14.8 Å². The van der Waals surface area contributed by atoms with E-state index in [0.717, 1.165) is 28.9 Å². The van der Waals surface area contributed by atoms with Crippen molar-refractivity contribution in [1.29, 1.82) is 0 Å². The second-order valence-corrected chi connectivity index (χ2v) is 4.90. The summed E-state index contributed by atoms with van der Waals surface area (Å²) in [7, 11) is 3.26. The van der Waals surface area contributed by atoms with Crippen molar-refractivity contribution in [2.24, 2.45) is 5.92 Å². The molecule has 0 fully saturated rings. The summed E-state index contributed by atoms with van der Waals surface area (Å²) in [5.74, 6) is 2.02. The highest BCUT2D eigenvalue weighted by atomic mass is 16.5. The van der Waals surface area contributed by atoms with Gasteiger partial charge in [0.2, 0.25) is 0 Å². The van der Waals surface area contributed by atoms with Crippen LogP contribution in [-0.4, -0.2) is 25.7 Å². The maximum absolute atomic E-state index is 5.31. The van der Waals surface area contributed by atoms with Gasteiger partial charge in [0.15, 0.2) is 11.5 Å². The third kappa shape index (κ3) is 3.08. The summed E-state index contributed by atoms with van der Waals surface area (Å²) in [6.45, 7) is 5.28. The van der Waals surface area contributed by atoms with Crippen LogP contribution in [0.4, 0.5) is 5.69 Å². The Morgan fingerprint density at radius 3 is 2.42 bits per heavy atom. The number of pyridine rings is 1. The molecule has 0 spiro atoms. The summed E-state index contributed by atoms with van der Waals surface area (Å²) in [6.07, 6.45) is 1.84. The Morgan fingerprint density at radius 1 is 1.11 bits per heavy atom. The smallest absolute Gasteiger partial charge is 0.162 e. The SMILES string of the molecule is COc1cc2cc(NCC(C)C)cnc2cc1OC. The van der Waals surface area contributed by atoms with Crippen molar-refractivity contribution in [2.45, 2.75) is 13.8 Å². The minimum atomic E-state index is 0.598. The van der Waals surface area contributed by atoms with Gasteiger partial charge in [-0.1, -0.05) is 13.8 Å². The predicted molar refractivity (Wildman–Crippen MR) is 78.2 cm³/mol. The van der Waals surface area contributed by atoms with E-state index in [2.05, 4.69) is 30.2 Å². The summed E-state index contributed by atoms with van der Waals surface area (Å²) in [5, 5.41) is 4.40. The van der Waals surface area contributed by atoms with Crippen LogP contribution in [0.2, 0.25) is 0 Å². The fourth-order valence-electron chi connectivity index (χ4n) is 1.87. The van der Waals surface area contributed by atoms with E-state index in [1.807, 2.05) is 18.3 Å². The fraction of sp³-hybridized carbons (Fsp3) is 0.400. The van der Waals surface area contributed by atoms with E-state index in [1.165, 1.54) is 0 Å². The minimum absolute atomic E-state index is 0.598. The zero-order valence-electron chi connectivity index (χ0n) is 11.9. The number of aromatic nitrogens is 1. The Morgan fingerprint density at radius 2 is 1.79 bits per heavy atom. The molecule has 0 saturated carbocycles. The van der Waals surface area contributed by atoms with E-state index in [1.54, 1.807) is 14.2 Å². The van der Waals surface area contributed by atoms with Gasteiger partial charge in [0, 0.05) is 18.0 Å². The molecule has 0 unspecified atom stereocenters. The van der Waals surface area contributed by atoms with Gasteiger partial charge >= 0.3 is 0 Å². The van der Waals surface area contributed by atoms with Crippen molar-refractivity contribution in [1.82, 2.24) is 4.98 Å². The number of nitrogens with one attached hydrogen (secondary N) is 1. The largest absolute Gasteiger partial charge is 0.493 e. The van der Waals surface area contributed by atoms with Gasteiger partial charge in [0.1, 0.15) is 0 Å². The fourth-order valence-corrected chi connectivity index (χ4v) is 1.87. The number of nitrogens with zero attached hydrogens (tertiary/aromatic N) is 1. The van der Waals surface area contributed by atoms with Crippen molar-refractivity contribution in [3.05, 3.63) is 24.4 Å². The average Bonchev–Trinajstić information content (AvgIpc) is 2.43. The molecule has 4 heteroatoms. The summed E-state index contributed by atoms with van der Waals surface area (Å²) < 4.78 is 10.6. The molecule has 0 aliphatic carbocycles. The quantitative estimate of drug-likeness (QED) is 0.895. The number of rotatable bonds is 5. The van der Waals surface area contributed by atoms with Crippen LogP contribution in [0.15, 0.2) is 24.4 Å². The molecule has 1 N–H and O–H groups in total. The van der Waals surface area contributed by atoms with Gasteiger partial charge in [-0.3, -0.25) is 4.98 Å². The molecule has 2 rings (SSSR count). The van der Waals surface area contributed by atoms with Crippen LogP contribution >= 0.6 is 0 Å². The summed E-state index contributed by atoms with van der Waals surface area (Å²) in [5.41, 5.74) is 1.92. The first kappa shape index (κ1) is 13.5. The maximum atomic E-state index is 5.31. The Kier molecular flexibility index (Phi) is 4.10. The summed E-state index contributed by atoms with van der Waals surface area (Å²) in [6, 6.07) is 5.91. The lowest BCUT2D eigenvalue weighted by molar-refractivity contribution is 0.356. The van der Waals surface area contributed by atoms with Crippen LogP contribution in [0.1, 0.15) is 13.8 Å². The third-order valence-electron chi connectivity index (χ3n) is 2.90. The summed E-state index contributed by atoms with van der Waals surface area (Å²) >= 11 is 0. The molecule has 0 saturated heterocycles. The number of methoxy groups -OCH3 is 2. The highest BCUT2D eigenvalue weighted by Gasteiger charge is 2.07. The number of hydrogen-bond donors (Lipinski definition) is 1. The second-order valence-electron chi connectivity index (χ2n) is 4.90. The van der Waals surface area contributed by atoms with Crippen LogP contribution in [0.25, 0.3) is 10.9 Å². The van der Waals surface area contributed by atoms with Crippen LogP contribution in [0.3, 0.4) is 0 Å². The minimum Gasteiger partial charge on any atom is -0.493 e. The molecule has 19 heavy (non-hydrogen) atoms. The Hall–Kier alpha value is -1.97. The number of benzene rings is 1. The molecule has 1 aromatic heterocycles. The number of fused-ring (bicyclic) bond motifs is 1. The number of ether oxygens (including phenoxy) is 2.